The van der Waals surface area contributed by atoms with Gasteiger partial charge in [-0.15, -0.1) is 0 Å². The number of aryl methyl sites for hydroxylation is 2. The topological polar surface area (TPSA) is 21.3 Å². The minimum atomic E-state index is 0.894. The molecule has 0 spiro atoms. The first-order valence-electron chi connectivity index (χ1n) is 18.8. The fourth-order valence-electron chi connectivity index (χ4n) is 9.57. The van der Waals surface area contributed by atoms with Crippen molar-refractivity contribution in [3.63, 3.8) is 0 Å². The molecule has 3 aliphatic rings. The minimum absolute atomic E-state index is 0.894. The molecule has 0 fully saturated rings. The lowest BCUT2D eigenvalue weighted by Gasteiger charge is -2.30. The standard InChI is InChI=1S/C50H34N2O/c1-2-14-33(15-3-1)52-43-20-8-6-17-38(43)41-29-35(25-27-44(41)52)51(45-21-11-23-47-50(45)40-18-7-9-22-46(40)53-47)34-24-26-37-39-19-10-13-32-28-31-12-4-5-16-36(31)49(48(32)39)42(37)30-34/h1-3,5-10,13-22,24-30H,4,11-12,23H2. The highest BCUT2D eigenvalue weighted by Crippen LogP contribution is 2.53. The van der Waals surface area contributed by atoms with Crippen LogP contribution in [0.5, 0.6) is 0 Å². The van der Waals surface area contributed by atoms with Crippen LogP contribution in [0.4, 0.5) is 11.4 Å². The molecule has 2 heterocycles. The van der Waals surface area contributed by atoms with Gasteiger partial charge in [-0.05, 0) is 118 Å². The van der Waals surface area contributed by atoms with Crippen molar-refractivity contribution in [3.05, 3.63) is 174 Å². The number of hydrogen-bond acceptors (Lipinski definition) is 2. The van der Waals surface area contributed by atoms with Gasteiger partial charge < -0.3 is 13.9 Å². The lowest BCUT2D eigenvalue weighted by atomic mass is 9.88. The SMILES string of the molecule is C1=Cc2c(cc3cccc4c3c2-c2cc(N(C3=CCCc5oc6ccccc6c53)c3ccc5c(c3)c3ccccc3n5-c3ccccc3)ccc2-4)CC1. The molecule has 0 amide bonds. The second-order valence-electron chi connectivity index (χ2n) is 14.6. The Morgan fingerprint density at radius 3 is 2.32 bits per heavy atom. The van der Waals surface area contributed by atoms with Crippen LogP contribution >= 0.6 is 0 Å². The van der Waals surface area contributed by atoms with Crippen LogP contribution in [0.3, 0.4) is 0 Å². The van der Waals surface area contributed by atoms with Gasteiger partial charge in [0.25, 0.3) is 0 Å². The van der Waals surface area contributed by atoms with Gasteiger partial charge in [0.15, 0.2) is 0 Å². The van der Waals surface area contributed by atoms with Crippen molar-refractivity contribution in [1.82, 2.24) is 4.57 Å². The number of fused-ring (bicyclic) bond motifs is 11. The molecule has 0 atom stereocenters. The number of furan rings is 1. The quantitative estimate of drug-likeness (QED) is 0.185. The number of allylic oxidation sites excluding steroid dienone is 2. The van der Waals surface area contributed by atoms with E-state index in [0.29, 0.717) is 0 Å². The third-order valence-corrected chi connectivity index (χ3v) is 11.8. The van der Waals surface area contributed by atoms with Crippen molar-refractivity contribution in [2.24, 2.45) is 0 Å². The molecule has 0 unspecified atom stereocenters. The number of anilines is 2. The fraction of sp³-hybridized carbons (Fsp3) is 0.0800. The molecule has 9 aromatic rings. The van der Waals surface area contributed by atoms with Crippen molar-refractivity contribution < 1.29 is 4.42 Å². The molecule has 250 valence electrons. The fourth-order valence-corrected chi connectivity index (χ4v) is 9.57. The van der Waals surface area contributed by atoms with E-state index in [9.17, 15) is 0 Å². The van der Waals surface area contributed by atoms with E-state index in [1.165, 1.54) is 77.2 Å². The Morgan fingerprint density at radius 1 is 0.566 bits per heavy atom. The number of aromatic nitrogens is 1. The zero-order chi connectivity index (χ0) is 34.6. The van der Waals surface area contributed by atoms with Gasteiger partial charge in [0, 0.05) is 45.2 Å². The Kier molecular flexibility index (Phi) is 6.01. The average Bonchev–Trinajstić information content (AvgIpc) is 3.87. The Morgan fingerprint density at radius 2 is 1.38 bits per heavy atom. The van der Waals surface area contributed by atoms with Crippen LogP contribution in [0, 0.1) is 0 Å². The lowest BCUT2D eigenvalue weighted by Crippen LogP contribution is -2.18. The molecule has 3 aliphatic carbocycles. The first-order chi connectivity index (χ1) is 26.3. The van der Waals surface area contributed by atoms with Crippen LogP contribution in [0.1, 0.15) is 35.3 Å². The number of nitrogens with zero attached hydrogens (tertiary/aromatic N) is 2. The zero-order valence-corrected chi connectivity index (χ0v) is 29.1. The monoisotopic (exact) mass is 678 g/mol. The molecule has 12 rings (SSSR count). The largest absolute Gasteiger partial charge is 0.460 e. The second-order valence-corrected chi connectivity index (χ2v) is 14.6. The number of hydrogen-bond donors (Lipinski definition) is 0. The smallest absolute Gasteiger partial charge is 0.134 e. The van der Waals surface area contributed by atoms with Gasteiger partial charge in [-0.25, -0.2) is 0 Å². The van der Waals surface area contributed by atoms with E-state index in [1.807, 2.05) is 0 Å². The molecule has 3 nitrogen and oxygen atoms in total. The van der Waals surface area contributed by atoms with Crippen LogP contribution in [0.25, 0.3) is 83.3 Å². The number of para-hydroxylation sites is 3. The summed E-state index contributed by atoms with van der Waals surface area (Å²) in [7, 11) is 0. The second kappa shape index (κ2) is 11.0. The molecule has 3 heteroatoms. The maximum absolute atomic E-state index is 6.56. The van der Waals surface area contributed by atoms with E-state index in [-0.39, 0.29) is 0 Å². The Labute approximate surface area is 307 Å². The third kappa shape index (κ3) is 4.11. The predicted molar refractivity (Wildman–Crippen MR) is 221 cm³/mol. The van der Waals surface area contributed by atoms with E-state index in [0.717, 1.165) is 59.5 Å². The summed E-state index contributed by atoms with van der Waals surface area (Å²) in [4.78, 5) is 2.50. The molecule has 7 aromatic carbocycles. The molecule has 53 heavy (non-hydrogen) atoms. The van der Waals surface area contributed by atoms with Crippen molar-refractivity contribution in [2.75, 3.05) is 4.90 Å². The molecular formula is C50H34N2O. The average molecular weight is 679 g/mol. The van der Waals surface area contributed by atoms with Gasteiger partial charge >= 0.3 is 0 Å². The number of benzene rings is 7. The Hall–Kier alpha value is -6.58. The molecule has 0 saturated heterocycles. The van der Waals surface area contributed by atoms with Crippen molar-refractivity contribution >= 4 is 66.7 Å². The highest BCUT2D eigenvalue weighted by Gasteiger charge is 2.30. The van der Waals surface area contributed by atoms with Gasteiger partial charge in [0.05, 0.1) is 16.7 Å². The van der Waals surface area contributed by atoms with Crippen molar-refractivity contribution in [1.29, 1.82) is 0 Å². The van der Waals surface area contributed by atoms with Crippen LogP contribution in [-0.4, -0.2) is 4.57 Å². The minimum Gasteiger partial charge on any atom is -0.460 e. The van der Waals surface area contributed by atoms with E-state index in [4.69, 9.17) is 4.42 Å². The Balaban J connectivity index is 1.13. The molecular weight excluding hydrogens is 645 g/mol. The third-order valence-electron chi connectivity index (χ3n) is 11.8. The van der Waals surface area contributed by atoms with E-state index in [2.05, 4.69) is 167 Å². The summed E-state index contributed by atoms with van der Waals surface area (Å²) in [5, 5.41) is 6.36. The summed E-state index contributed by atoms with van der Waals surface area (Å²) in [6, 6.07) is 51.5. The first-order valence-corrected chi connectivity index (χ1v) is 18.8. The van der Waals surface area contributed by atoms with E-state index >= 15 is 0 Å². The maximum atomic E-state index is 6.56. The normalized spacial score (nSPS) is 14.2. The van der Waals surface area contributed by atoms with Gasteiger partial charge in [0.2, 0.25) is 0 Å². The maximum Gasteiger partial charge on any atom is 0.134 e. The summed E-state index contributed by atoms with van der Waals surface area (Å²) in [5.41, 5.74) is 17.4. The summed E-state index contributed by atoms with van der Waals surface area (Å²) in [6.07, 6.45) is 11.1. The summed E-state index contributed by atoms with van der Waals surface area (Å²) in [6.45, 7) is 0. The van der Waals surface area contributed by atoms with Gasteiger partial charge in [0.1, 0.15) is 11.3 Å². The predicted octanol–water partition coefficient (Wildman–Crippen LogP) is 13.4. The van der Waals surface area contributed by atoms with Crippen molar-refractivity contribution in [2.45, 2.75) is 25.7 Å². The summed E-state index contributed by atoms with van der Waals surface area (Å²) in [5.74, 6) is 1.06. The van der Waals surface area contributed by atoms with E-state index in [1.54, 1.807) is 0 Å². The zero-order valence-electron chi connectivity index (χ0n) is 29.1. The Bertz CT molecular complexity index is 3060. The summed E-state index contributed by atoms with van der Waals surface area (Å²) >= 11 is 0. The van der Waals surface area contributed by atoms with E-state index < -0.39 is 0 Å². The van der Waals surface area contributed by atoms with Crippen molar-refractivity contribution in [3.8, 4) is 27.9 Å². The molecule has 0 aliphatic heterocycles. The van der Waals surface area contributed by atoms with Gasteiger partial charge in [-0.1, -0.05) is 103 Å². The van der Waals surface area contributed by atoms with Crippen LogP contribution in [0.2, 0.25) is 0 Å². The van der Waals surface area contributed by atoms with Gasteiger partial charge in [-0.2, -0.15) is 0 Å². The highest BCUT2D eigenvalue weighted by molar-refractivity contribution is 6.19. The highest BCUT2D eigenvalue weighted by atomic mass is 16.3. The molecule has 2 aromatic heterocycles. The summed E-state index contributed by atoms with van der Waals surface area (Å²) < 4.78 is 8.95. The first kappa shape index (κ1) is 29.0. The molecule has 0 radical (unpaired) electrons. The molecule has 0 saturated carbocycles. The van der Waals surface area contributed by atoms with Gasteiger partial charge in [-0.3, -0.25) is 0 Å². The molecule has 0 N–H and O–H groups in total. The molecule has 0 bridgehead atoms. The van der Waals surface area contributed by atoms with Crippen LogP contribution < -0.4 is 4.90 Å². The number of rotatable bonds is 4. The lowest BCUT2D eigenvalue weighted by molar-refractivity contribution is 0.545. The van der Waals surface area contributed by atoms with Crippen LogP contribution in [-0.2, 0) is 12.8 Å². The van der Waals surface area contributed by atoms with Crippen LogP contribution in [0.15, 0.2) is 156 Å².